The van der Waals surface area contributed by atoms with E-state index in [1.165, 1.54) is 36.4 Å². The first-order chi connectivity index (χ1) is 11.7. The van der Waals surface area contributed by atoms with E-state index >= 15 is 0 Å². The van der Waals surface area contributed by atoms with E-state index in [-0.39, 0.29) is 38.7 Å². The molecule has 0 saturated heterocycles. The molecule has 0 aliphatic heterocycles. The molecule has 0 fully saturated rings. The number of nitrogens with zero attached hydrogens (tertiary/aromatic N) is 1. The third-order valence-corrected chi connectivity index (χ3v) is 5.61. The Morgan fingerprint density at radius 2 is 1.68 bits per heavy atom. The van der Waals surface area contributed by atoms with Crippen LogP contribution in [0, 0.1) is 10.1 Å². The standard InChI is InChI=1S/C14H12Cl3N3O4S/c15-11-3-2-10(8-12(11)16)25(23,24)19-6-5-18-14-4-1-9(20(21)22)7-13(14)17/h1-4,7-8,18-19H,5-6H2. The number of non-ortho nitro benzene ring substituents is 1. The number of nitro groups is 1. The van der Waals surface area contributed by atoms with Crippen LogP contribution in [0.1, 0.15) is 0 Å². The maximum Gasteiger partial charge on any atom is 0.271 e. The SMILES string of the molecule is O=[N+]([O-])c1ccc(NCCNS(=O)(=O)c2ccc(Cl)c(Cl)c2)c(Cl)c1. The van der Waals surface area contributed by atoms with Gasteiger partial charge in [-0.05, 0) is 24.3 Å². The summed E-state index contributed by atoms with van der Waals surface area (Å²) in [6, 6.07) is 7.96. The summed E-state index contributed by atoms with van der Waals surface area (Å²) in [5.74, 6) is 0. The average Bonchev–Trinajstić information content (AvgIpc) is 2.55. The lowest BCUT2D eigenvalue weighted by atomic mass is 10.3. The number of nitro benzene ring substituents is 1. The van der Waals surface area contributed by atoms with Crippen LogP contribution in [-0.4, -0.2) is 26.4 Å². The Balaban J connectivity index is 1.94. The van der Waals surface area contributed by atoms with E-state index in [1.54, 1.807) is 0 Å². The van der Waals surface area contributed by atoms with E-state index in [9.17, 15) is 18.5 Å². The van der Waals surface area contributed by atoms with Crippen LogP contribution >= 0.6 is 34.8 Å². The number of anilines is 1. The van der Waals surface area contributed by atoms with E-state index < -0.39 is 14.9 Å². The summed E-state index contributed by atoms with van der Waals surface area (Å²) in [6.45, 7) is 0.286. The van der Waals surface area contributed by atoms with Crippen molar-refractivity contribution in [3.63, 3.8) is 0 Å². The molecule has 11 heteroatoms. The normalized spacial score (nSPS) is 11.3. The van der Waals surface area contributed by atoms with Crippen LogP contribution in [0.3, 0.4) is 0 Å². The first-order valence-corrected chi connectivity index (χ1v) is 9.45. The zero-order valence-electron chi connectivity index (χ0n) is 12.5. The highest BCUT2D eigenvalue weighted by Gasteiger charge is 2.15. The molecule has 0 unspecified atom stereocenters. The van der Waals surface area contributed by atoms with Gasteiger partial charge in [-0.1, -0.05) is 34.8 Å². The van der Waals surface area contributed by atoms with E-state index in [0.29, 0.717) is 5.69 Å². The number of sulfonamides is 1. The largest absolute Gasteiger partial charge is 0.383 e. The molecular weight excluding hydrogens is 413 g/mol. The third-order valence-electron chi connectivity index (χ3n) is 3.10. The first-order valence-electron chi connectivity index (χ1n) is 6.83. The van der Waals surface area contributed by atoms with Gasteiger partial charge in [-0.2, -0.15) is 0 Å². The van der Waals surface area contributed by atoms with Gasteiger partial charge >= 0.3 is 0 Å². The van der Waals surface area contributed by atoms with Gasteiger partial charge in [0.05, 0.1) is 30.6 Å². The predicted molar refractivity (Wildman–Crippen MR) is 98.2 cm³/mol. The minimum atomic E-state index is -3.74. The number of hydrogen-bond donors (Lipinski definition) is 2. The first kappa shape index (κ1) is 19.7. The fraction of sp³-hybridized carbons (Fsp3) is 0.143. The molecule has 2 aromatic rings. The highest BCUT2D eigenvalue weighted by Crippen LogP contribution is 2.26. The molecule has 0 heterocycles. The van der Waals surface area contributed by atoms with Gasteiger partial charge < -0.3 is 5.32 Å². The molecule has 134 valence electrons. The number of halogens is 3. The second-order valence-electron chi connectivity index (χ2n) is 4.82. The number of hydrogen-bond acceptors (Lipinski definition) is 5. The van der Waals surface area contributed by atoms with Crippen LogP contribution in [-0.2, 0) is 10.0 Å². The Morgan fingerprint density at radius 1 is 0.960 bits per heavy atom. The third kappa shape index (κ3) is 5.20. The zero-order valence-corrected chi connectivity index (χ0v) is 15.6. The van der Waals surface area contributed by atoms with Gasteiger partial charge in [-0.15, -0.1) is 0 Å². The summed E-state index contributed by atoms with van der Waals surface area (Å²) in [5, 5.41) is 14.1. The molecular formula is C14H12Cl3N3O4S. The van der Waals surface area contributed by atoms with E-state index in [1.807, 2.05) is 0 Å². The zero-order chi connectivity index (χ0) is 18.6. The van der Waals surface area contributed by atoms with Gasteiger partial charge in [0.1, 0.15) is 0 Å². The summed E-state index contributed by atoms with van der Waals surface area (Å²) in [7, 11) is -3.74. The van der Waals surface area contributed by atoms with E-state index in [0.717, 1.165) is 0 Å². The quantitative estimate of drug-likeness (QED) is 0.398. The van der Waals surface area contributed by atoms with Crippen molar-refractivity contribution in [3.8, 4) is 0 Å². The van der Waals surface area contributed by atoms with Gasteiger partial charge in [-0.3, -0.25) is 10.1 Å². The van der Waals surface area contributed by atoms with Crippen molar-refractivity contribution >= 4 is 56.2 Å². The second-order valence-corrected chi connectivity index (χ2v) is 7.81. The Hall–Kier alpha value is -1.58. The van der Waals surface area contributed by atoms with Crippen molar-refractivity contribution in [2.24, 2.45) is 0 Å². The Kier molecular flexibility index (Phi) is 6.47. The summed E-state index contributed by atoms with van der Waals surface area (Å²) in [4.78, 5) is 10.1. The van der Waals surface area contributed by atoms with Crippen LogP contribution in [0.2, 0.25) is 15.1 Å². The van der Waals surface area contributed by atoms with Crippen molar-refractivity contribution in [2.75, 3.05) is 18.4 Å². The van der Waals surface area contributed by atoms with E-state index in [4.69, 9.17) is 34.8 Å². The van der Waals surface area contributed by atoms with Gasteiger partial charge in [0.15, 0.2) is 0 Å². The molecule has 0 bridgehead atoms. The fourth-order valence-corrected chi connectivity index (χ4v) is 3.53. The van der Waals surface area contributed by atoms with Crippen LogP contribution < -0.4 is 10.0 Å². The van der Waals surface area contributed by atoms with Crippen molar-refractivity contribution in [2.45, 2.75) is 4.90 Å². The molecule has 7 nitrogen and oxygen atoms in total. The van der Waals surface area contributed by atoms with Gasteiger partial charge in [0.25, 0.3) is 5.69 Å². The Bertz CT molecular complexity index is 906. The van der Waals surface area contributed by atoms with Crippen LogP contribution in [0.5, 0.6) is 0 Å². The van der Waals surface area contributed by atoms with Crippen molar-refractivity contribution in [1.29, 1.82) is 0 Å². The van der Waals surface area contributed by atoms with Gasteiger partial charge in [0.2, 0.25) is 10.0 Å². The predicted octanol–water partition coefficient (Wildman–Crippen LogP) is 3.95. The lowest BCUT2D eigenvalue weighted by Gasteiger charge is -2.10. The maximum atomic E-state index is 12.2. The second kappa shape index (κ2) is 8.20. The molecule has 0 atom stereocenters. The summed E-state index contributed by atoms with van der Waals surface area (Å²) in [6.07, 6.45) is 0. The average molecular weight is 425 g/mol. The lowest BCUT2D eigenvalue weighted by molar-refractivity contribution is -0.384. The van der Waals surface area contributed by atoms with Crippen LogP contribution in [0.25, 0.3) is 0 Å². The molecule has 0 radical (unpaired) electrons. The van der Waals surface area contributed by atoms with Gasteiger partial charge in [-0.25, -0.2) is 13.1 Å². The van der Waals surface area contributed by atoms with Crippen molar-refractivity contribution in [1.82, 2.24) is 4.72 Å². The fourth-order valence-electron chi connectivity index (χ4n) is 1.87. The smallest absolute Gasteiger partial charge is 0.271 e. The minimum Gasteiger partial charge on any atom is -0.383 e. The van der Waals surface area contributed by atoms with Crippen molar-refractivity contribution in [3.05, 3.63) is 61.6 Å². The maximum absolute atomic E-state index is 12.2. The molecule has 0 aliphatic rings. The van der Waals surface area contributed by atoms with Crippen LogP contribution in [0.15, 0.2) is 41.3 Å². The van der Waals surface area contributed by atoms with Crippen LogP contribution in [0.4, 0.5) is 11.4 Å². The highest BCUT2D eigenvalue weighted by molar-refractivity contribution is 7.89. The molecule has 25 heavy (non-hydrogen) atoms. The molecule has 0 saturated carbocycles. The van der Waals surface area contributed by atoms with E-state index in [2.05, 4.69) is 10.0 Å². The lowest BCUT2D eigenvalue weighted by Crippen LogP contribution is -2.29. The topological polar surface area (TPSA) is 101 Å². The Labute approximate surface area is 159 Å². The van der Waals surface area contributed by atoms with Gasteiger partial charge in [0, 0.05) is 25.2 Å². The summed E-state index contributed by atoms with van der Waals surface area (Å²) < 4.78 is 26.7. The monoisotopic (exact) mass is 423 g/mol. The molecule has 2 aromatic carbocycles. The molecule has 2 N–H and O–H groups in total. The van der Waals surface area contributed by atoms with Crippen molar-refractivity contribution < 1.29 is 13.3 Å². The summed E-state index contributed by atoms with van der Waals surface area (Å²) in [5.41, 5.74) is 0.330. The molecule has 0 spiro atoms. The molecule has 2 rings (SSSR count). The Morgan fingerprint density at radius 3 is 2.28 bits per heavy atom. The molecule has 0 amide bonds. The molecule has 0 aliphatic carbocycles. The highest BCUT2D eigenvalue weighted by atomic mass is 35.5. The minimum absolute atomic E-state index is 0.00438. The summed E-state index contributed by atoms with van der Waals surface area (Å²) >= 11 is 17.5. The number of rotatable bonds is 7. The molecule has 0 aromatic heterocycles. The number of benzene rings is 2. The number of nitrogens with one attached hydrogen (secondary N) is 2.